The van der Waals surface area contributed by atoms with Gasteiger partial charge in [0.25, 0.3) is 0 Å². The van der Waals surface area contributed by atoms with Gasteiger partial charge in [0.15, 0.2) is 0 Å². The lowest BCUT2D eigenvalue weighted by atomic mass is 9.99. The van der Waals surface area contributed by atoms with E-state index in [1.165, 1.54) is 21.1 Å². The number of esters is 1. The molecule has 0 unspecified atom stereocenters. The van der Waals surface area contributed by atoms with Gasteiger partial charge in [-0.15, -0.1) is 0 Å². The highest BCUT2D eigenvalue weighted by Crippen LogP contribution is 2.25. The van der Waals surface area contributed by atoms with Crippen molar-refractivity contribution in [1.29, 1.82) is 5.26 Å². The molecule has 0 atom stereocenters. The molecule has 32 heavy (non-hydrogen) atoms. The van der Waals surface area contributed by atoms with E-state index < -0.39 is 16.0 Å². The van der Waals surface area contributed by atoms with Crippen molar-refractivity contribution in [2.24, 2.45) is 7.05 Å². The van der Waals surface area contributed by atoms with Gasteiger partial charge in [-0.3, -0.25) is 0 Å². The summed E-state index contributed by atoms with van der Waals surface area (Å²) in [6, 6.07) is 18.3. The quantitative estimate of drug-likeness (QED) is 0.535. The normalized spacial score (nSPS) is 14.2. The van der Waals surface area contributed by atoms with E-state index >= 15 is 0 Å². The molecule has 8 heteroatoms. The smallest absolute Gasteiger partial charge is 0.355 e. The third-order valence-electron chi connectivity index (χ3n) is 5.57. The molecule has 0 N–H and O–H groups in total. The van der Waals surface area contributed by atoms with Crippen molar-refractivity contribution < 1.29 is 17.9 Å². The second-order valence-corrected chi connectivity index (χ2v) is 9.65. The van der Waals surface area contributed by atoms with E-state index in [-0.39, 0.29) is 17.2 Å². The lowest BCUT2D eigenvalue weighted by molar-refractivity contribution is 0.0461. The van der Waals surface area contributed by atoms with E-state index in [9.17, 15) is 18.5 Å². The highest BCUT2D eigenvalue weighted by molar-refractivity contribution is 7.89. The Morgan fingerprint density at radius 2 is 1.78 bits per heavy atom. The van der Waals surface area contributed by atoms with Crippen LogP contribution in [0.2, 0.25) is 0 Å². The molecule has 1 aliphatic rings. The molecule has 0 amide bonds. The van der Waals surface area contributed by atoms with E-state index in [0.29, 0.717) is 18.7 Å². The summed E-state index contributed by atoms with van der Waals surface area (Å²) in [5.41, 5.74) is 3.30. The second-order valence-electron chi connectivity index (χ2n) is 7.71. The minimum Gasteiger partial charge on any atom is -0.456 e. The van der Waals surface area contributed by atoms with Gasteiger partial charge >= 0.3 is 5.97 Å². The number of carbonyl (C=O) groups is 1. The van der Waals surface area contributed by atoms with Gasteiger partial charge in [0.2, 0.25) is 10.0 Å². The molecule has 1 aliphatic heterocycles. The van der Waals surface area contributed by atoms with E-state index in [1.54, 1.807) is 13.1 Å². The van der Waals surface area contributed by atoms with Crippen LogP contribution in [0.25, 0.3) is 11.1 Å². The molecule has 7 nitrogen and oxygen atoms in total. The fraction of sp³-hybridized carbons (Fsp3) is 0.250. The van der Waals surface area contributed by atoms with Crippen molar-refractivity contribution in [3.8, 4) is 17.2 Å². The zero-order valence-electron chi connectivity index (χ0n) is 17.7. The number of hydrogen-bond donors (Lipinski definition) is 0. The third-order valence-corrected chi connectivity index (χ3v) is 7.44. The monoisotopic (exact) mass is 449 g/mol. The molecule has 0 aliphatic carbocycles. The van der Waals surface area contributed by atoms with Gasteiger partial charge in [0.1, 0.15) is 17.2 Å². The number of sulfonamides is 1. The Morgan fingerprint density at radius 1 is 1.09 bits per heavy atom. The molecule has 0 radical (unpaired) electrons. The first kappa shape index (κ1) is 21.8. The Labute approximate surface area is 187 Å². The summed E-state index contributed by atoms with van der Waals surface area (Å²) in [6.07, 6.45) is 3.15. The Morgan fingerprint density at radius 3 is 2.47 bits per heavy atom. The maximum atomic E-state index is 12.7. The average molecular weight is 450 g/mol. The summed E-state index contributed by atoms with van der Waals surface area (Å²) in [4.78, 5) is 12.7. The topological polar surface area (TPSA) is 92.4 Å². The fourth-order valence-corrected chi connectivity index (χ4v) is 5.38. The molecule has 2 aromatic carbocycles. The predicted molar refractivity (Wildman–Crippen MR) is 119 cm³/mol. The van der Waals surface area contributed by atoms with Crippen molar-refractivity contribution in [2.75, 3.05) is 13.1 Å². The predicted octanol–water partition coefficient (Wildman–Crippen LogP) is 3.71. The molecule has 4 rings (SSSR count). The maximum absolute atomic E-state index is 12.7. The molecule has 1 saturated heterocycles. The van der Waals surface area contributed by atoms with Gasteiger partial charge in [0, 0.05) is 26.3 Å². The van der Waals surface area contributed by atoms with Crippen LogP contribution < -0.4 is 0 Å². The zero-order chi connectivity index (χ0) is 22.7. The second kappa shape index (κ2) is 8.99. The molecular formula is C24H23N3O4S. The molecule has 1 aromatic heterocycles. The Kier molecular flexibility index (Phi) is 6.12. The van der Waals surface area contributed by atoms with Crippen LogP contribution in [0, 0.1) is 11.3 Å². The number of hydrogen-bond acceptors (Lipinski definition) is 5. The van der Waals surface area contributed by atoms with Crippen molar-refractivity contribution in [1.82, 2.24) is 8.87 Å². The number of benzene rings is 2. The molecule has 0 saturated carbocycles. The molecule has 2 heterocycles. The number of carbonyl (C=O) groups excluding carboxylic acids is 1. The van der Waals surface area contributed by atoms with Crippen LogP contribution in [-0.2, 0) is 28.4 Å². The largest absolute Gasteiger partial charge is 0.456 e. The summed E-state index contributed by atoms with van der Waals surface area (Å²) in [6.45, 7) is 1.07. The van der Waals surface area contributed by atoms with Crippen molar-refractivity contribution in [3.05, 3.63) is 77.6 Å². The fourth-order valence-electron chi connectivity index (χ4n) is 3.79. The minimum absolute atomic E-state index is 0.0540. The summed E-state index contributed by atoms with van der Waals surface area (Å²) in [5, 5.41) is 9.27. The number of nitriles is 1. The van der Waals surface area contributed by atoms with Crippen LogP contribution in [0.1, 0.15) is 34.5 Å². The van der Waals surface area contributed by atoms with Crippen LogP contribution >= 0.6 is 0 Å². The van der Waals surface area contributed by atoms with E-state index in [1.807, 2.05) is 42.5 Å². The van der Waals surface area contributed by atoms with E-state index in [2.05, 4.69) is 6.07 Å². The standard InChI is InChI=1S/C24H23N3O4S/c1-26-16-21(32(29,30)27-12-4-5-13-27)14-23(26)24(28)31-17-18-8-10-19(11-9-18)22-7-3-2-6-20(22)15-25/h2-3,6-11,14,16H,4-5,12-13,17H2,1H3. The maximum Gasteiger partial charge on any atom is 0.355 e. The third kappa shape index (κ3) is 4.31. The first-order valence-corrected chi connectivity index (χ1v) is 11.8. The minimum atomic E-state index is -3.60. The first-order chi connectivity index (χ1) is 15.4. The molecular weight excluding hydrogens is 426 g/mol. The SMILES string of the molecule is Cn1cc(S(=O)(=O)N2CCCC2)cc1C(=O)OCc1ccc(-c2ccccc2C#N)cc1. The number of aromatic nitrogens is 1. The number of rotatable bonds is 6. The number of aryl methyl sites for hydroxylation is 1. The van der Waals surface area contributed by atoms with Gasteiger partial charge in [-0.2, -0.15) is 9.57 Å². The molecule has 0 bridgehead atoms. The number of nitrogens with zero attached hydrogens (tertiary/aromatic N) is 3. The molecule has 0 spiro atoms. The highest BCUT2D eigenvalue weighted by atomic mass is 32.2. The van der Waals surface area contributed by atoms with Crippen LogP contribution in [0.5, 0.6) is 0 Å². The summed E-state index contributed by atoms with van der Waals surface area (Å²) >= 11 is 0. The zero-order valence-corrected chi connectivity index (χ0v) is 18.5. The Bertz CT molecular complexity index is 1280. The molecule has 164 valence electrons. The molecule has 3 aromatic rings. The Hall–Kier alpha value is -3.41. The average Bonchev–Trinajstić information content (AvgIpc) is 3.49. The van der Waals surface area contributed by atoms with Crippen molar-refractivity contribution in [2.45, 2.75) is 24.3 Å². The summed E-state index contributed by atoms with van der Waals surface area (Å²) < 4.78 is 33.8. The summed E-state index contributed by atoms with van der Waals surface area (Å²) in [7, 11) is -1.97. The van der Waals surface area contributed by atoms with Gasteiger partial charge in [-0.05, 0) is 41.7 Å². The van der Waals surface area contributed by atoms with E-state index in [4.69, 9.17) is 4.74 Å². The molecule has 1 fully saturated rings. The number of ether oxygens (including phenoxy) is 1. The van der Waals surface area contributed by atoms with Crippen LogP contribution in [-0.4, -0.2) is 36.3 Å². The van der Waals surface area contributed by atoms with Crippen molar-refractivity contribution in [3.63, 3.8) is 0 Å². The van der Waals surface area contributed by atoms with Gasteiger partial charge < -0.3 is 9.30 Å². The lowest BCUT2D eigenvalue weighted by Crippen LogP contribution is -2.27. The first-order valence-electron chi connectivity index (χ1n) is 10.3. The van der Waals surface area contributed by atoms with Gasteiger partial charge in [0.05, 0.1) is 11.6 Å². The van der Waals surface area contributed by atoms with Crippen LogP contribution in [0.15, 0.2) is 65.7 Å². The van der Waals surface area contributed by atoms with Gasteiger partial charge in [-0.1, -0.05) is 42.5 Å². The lowest BCUT2D eigenvalue weighted by Gasteiger charge is -2.13. The Balaban J connectivity index is 1.44. The van der Waals surface area contributed by atoms with E-state index in [0.717, 1.165) is 29.5 Å². The summed E-state index contributed by atoms with van der Waals surface area (Å²) in [5.74, 6) is -0.589. The van der Waals surface area contributed by atoms with Gasteiger partial charge in [-0.25, -0.2) is 13.2 Å². The highest BCUT2D eigenvalue weighted by Gasteiger charge is 2.29. The van der Waals surface area contributed by atoms with Crippen LogP contribution in [0.3, 0.4) is 0 Å². The van der Waals surface area contributed by atoms with Crippen molar-refractivity contribution >= 4 is 16.0 Å². The van der Waals surface area contributed by atoms with Crippen LogP contribution in [0.4, 0.5) is 0 Å².